The molecular formula is C40H61N9O11. The van der Waals surface area contributed by atoms with Gasteiger partial charge in [0, 0.05) is 32.0 Å². The maximum Gasteiger partial charge on any atom is 0.326 e. The molecule has 0 spiro atoms. The summed E-state index contributed by atoms with van der Waals surface area (Å²) >= 11 is 0. The van der Waals surface area contributed by atoms with E-state index in [1.54, 1.807) is 58.0 Å². The molecule has 20 nitrogen and oxygen atoms in total. The molecule has 0 unspecified atom stereocenters. The van der Waals surface area contributed by atoms with E-state index >= 15 is 0 Å². The maximum absolute atomic E-state index is 13.6. The number of primary amides is 1. The largest absolute Gasteiger partial charge is 0.480 e. The van der Waals surface area contributed by atoms with Gasteiger partial charge < -0.3 is 53.4 Å². The fourth-order valence-corrected chi connectivity index (χ4v) is 5.54. The van der Waals surface area contributed by atoms with Crippen LogP contribution in [0.15, 0.2) is 42.5 Å². The third-order valence-electron chi connectivity index (χ3n) is 8.62. The second-order valence-electron chi connectivity index (χ2n) is 15.4. The van der Waals surface area contributed by atoms with Gasteiger partial charge >= 0.3 is 5.97 Å². The molecule has 0 saturated carbocycles. The topological polar surface area (TPSA) is 313 Å². The zero-order valence-electron chi connectivity index (χ0n) is 35.4. The van der Waals surface area contributed by atoms with Gasteiger partial charge in [-0.2, -0.15) is 0 Å². The summed E-state index contributed by atoms with van der Waals surface area (Å²) in [6, 6.07) is 1.42. The molecule has 11 N–H and O–H groups in total. The molecule has 1 rings (SSSR count). The van der Waals surface area contributed by atoms with Crippen LogP contribution in [0.4, 0.5) is 0 Å². The summed E-state index contributed by atoms with van der Waals surface area (Å²) in [6.45, 7) is 12.1. The number of hydrogen-bond donors (Lipinski definition) is 10. The van der Waals surface area contributed by atoms with Crippen LogP contribution in [0, 0.1) is 17.8 Å². The van der Waals surface area contributed by atoms with Crippen LogP contribution in [0.1, 0.15) is 73.8 Å². The van der Waals surface area contributed by atoms with Crippen molar-refractivity contribution in [2.45, 2.75) is 111 Å². The van der Waals surface area contributed by atoms with Gasteiger partial charge in [0.1, 0.15) is 36.3 Å². The zero-order valence-corrected chi connectivity index (χ0v) is 35.4. The number of hydrogen-bond acceptors (Lipinski definition) is 10. The molecule has 332 valence electrons. The second kappa shape index (κ2) is 25.9. The van der Waals surface area contributed by atoms with Crippen molar-refractivity contribution < 1.29 is 53.1 Å². The third kappa shape index (κ3) is 20.4. The Bertz CT molecular complexity index is 1720. The van der Waals surface area contributed by atoms with Crippen molar-refractivity contribution >= 4 is 59.1 Å². The molecule has 0 saturated heterocycles. The van der Waals surface area contributed by atoms with Crippen LogP contribution in [-0.4, -0.2) is 114 Å². The van der Waals surface area contributed by atoms with Crippen molar-refractivity contribution in [1.29, 1.82) is 0 Å². The Morgan fingerprint density at radius 1 is 0.617 bits per heavy atom. The molecule has 9 amide bonds. The standard InChI is InChI=1S/C40H61N9O11/c1-21(2)16-27(37(56)47-28(17-22(3)4)38(57)49-34(23(5)6)35(41)54)48-39(58)30(19-42-25(8)50)46-32(52)15-14-31(51)44-24(7)36(55)43-20-33(53)45-29(40(59)60)18-26-12-10-9-11-13-26/h9-15,21-24,27-30,34H,16-20H2,1-8H3,(H2,41,54)(H,42,50)(H,43,55)(H,44,51)(H,45,53)(H,46,52)(H,47,56)(H,48,58)(H,49,57)(H,59,60)/b15-14+/t24-,27-,28-,29-,30-,34-/m0/s1. The average molecular weight is 844 g/mol. The Morgan fingerprint density at radius 3 is 1.58 bits per heavy atom. The summed E-state index contributed by atoms with van der Waals surface area (Å²) in [4.78, 5) is 126. The normalized spacial score (nSPS) is 14.1. The third-order valence-corrected chi connectivity index (χ3v) is 8.62. The molecule has 60 heavy (non-hydrogen) atoms. The van der Waals surface area contributed by atoms with E-state index in [0.717, 1.165) is 12.2 Å². The van der Waals surface area contributed by atoms with Crippen LogP contribution in [0.2, 0.25) is 0 Å². The molecule has 0 radical (unpaired) electrons. The summed E-state index contributed by atoms with van der Waals surface area (Å²) in [6.07, 6.45) is 1.85. The van der Waals surface area contributed by atoms with Crippen molar-refractivity contribution in [1.82, 2.24) is 42.5 Å². The van der Waals surface area contributed by atoms with Crippen LogP contribution in [0.5, 0.6) is 0 Å². The van der Waals surface area contributed by atoms with E-state index in [9.17, 15) is 53.1 Å². The average Bonchev–Trinajstić information content (AvgIpc) is 3.15. The summed E-state index contributed by atoms with van der Waals surface area (Å²) in [5.74, 6) is -8.76. The van der Waals surface area contributed by atoms with E-state index in [4.69, 9.17) is 5.73 Å². The highest BCUT2D eigenvalue weighted by molar-refractivity contribution is 6.01. The first kappa shape index (κ1) is 51.7. The van der Waals surface area contributed by atoms with Crippen LogP contribution in [-0.2, 0) is 54.4 Å². The fraction of sp³-hybridized carbons (Fsp3) is 0.550. The van der Waals surface area contributed by atoms with E-state index < -0.39 is 108 Å². The van der Waals surface area contributed by atoms with E-state index in [1.165, 1.54) is 13.8 Å². The van der Waals surface area contributed by atoms with Gasteiger partial charge in [-0.1, -0.05) is 71.9 Å². The number of aliphatic carboxylic acids is 1. The Kier molecular flexibility index (Phi) is 22.3. The minimum atomic E-state index is -1.45. The predicted octanol–water partition coefficient (Wildman–Crippen LogP) is -1.72. The monoisotopic (exact) mass is 843 g/mol. The van der Waals surface area contributed by atoms with Crippen molar-refractivity contribution in [3.8, 4) is 0 Å². The molecule has 1 aromatic rings. The Morgan fingerprint density at radius 2 is 1.12 bits per heavy atom. The van der Waals surface area contributed by atoms with Crippen molar-refractivity contribution in [2.75, 3.05) is 13.1 Å². The number of carboxylic acids is 1. The molecule has 0 bridgehead atoms. The second-order valence-corrected chi connectivity index (χ2v) is 15.4. The number of carbonyl (C=O) groups is 10. The van der Waals surface area contributed by atoms with E-state index in [2.05, 4.69) is 42.5 Å². The summed E-state index contributed by atoms with van der Waals surface area (Å²) in [5, 5.41) is 29.0. The molecular weight excluding hydrogens is 782 g/mol. The summed E-state index contributed by atoms with van der Waals surface area (Å²) in [5.41, 5.74) is 6.14. The molecule has 0 aromatic heterocycles. The minimum absolute atomic E-state index is 0.0117. The fourth-order valence-electron chi connectivity index (χ4n) is 5.54. The highest BCUT2D eigenvalue weighted by Gasteiger charge is 2.32. The number of carbonyl (C=O) groups excluding carboxylic acids is 9. The number of carboxylic acid groups (broad SMARTS) is 1. The highest BCUT2D eigenvalue weighted by atomic mass is 16.4. The SMILES string of the molecule is CC(=O)NC[C@H](NC(=O)/C=C/C(=O)N[C@@H](C)C(=O)NCC(=O)N[C@@H](Cc1ccccc1)C(=O)O)C(=O)N[C@@H](CC(C)C)C(=O)N[C@@H](CC(C)C)C(=O)N[C@H](C(N)=O)C(C)C. The molecule has 1 aromatic carbocycles. The van der Waals surface area contributed by atoms with E-state index in [0.29, 0.717) is 5.56 Å². The number of benzene rings is 1. The lowest BCUT2D eigenvalue weighted by Crippen LogP contribution is -2.60. The van der Waals surface area contributed by atoms with E-state index in [1.807, 2.05) is 13.8 Å². The van der Waals surface area contributed by atoms with Gasteiger partial charge in [-0.3, -0.25) is 43.2 Å². The number of nitrogens with one attached hydrogen (secondary N) is 8. The van der Waals surface area contributed by atoms with Crippen molar-refractivity contribution in [3.63, 3.8) is 0 Å². The molecule has 0 fully saturated rings. The first-order chi connectivity index (χ1) is 28.0. The molecule has 0 aliphatic rings. The maximum atomic E-state index is 13.6. The predicted molar refractivity (Wildman–Crippen MR) is 219 cm³/mol. The van der Waals surface area contributed by atoms with E-state index in [-0.39, 0.29) is 37.0 Å². The van der Waals surface area contributed by atoms with Gasteiger partial charge in [0.25, 0.3) is 0 Å². The first-order valence-corrected chi connectivity index (χ1v) is 19.6. The van der Waals surface area contributed by atoms with Gasteiger partial charge in [-0.15, -0.1) is 0 Å². The van der Waals surface area contributed by atoms with Crippen LogP contribution in [0.25, 0.3) is 0 Å². The molecule has 20 heteroatoms. The lowest BCUT2D eigenvalue weighted by molar-refractivity contribution is -0.141. The van der Waals surface area contributed by atoms with Crippen molar-refractivity contribution in [3.05, 3.63) is 48.0 Å². The Hall–Kier alpha value is -6.34. The van der Waals surface area contributed by atoms with Crippen LogP contribution in [0.3, 0.4) is 0 Å². The zero-order chi connectivity index (χ0) is 45.7. The molecule has 0 heterocycles. The van der Waals surface area contributed by atoms with Gasteiger partial charge in [-0.05, 0) is 43.1 Å². The first-order valence-electron chi connectivity index (χ1n) is 19.6. The van der Waals surface area contributed by atoms with Gasteiger partial charge in [0.2, 0.25) is 53.2 Å². The molecule has 6 atom stereocenters. The number of amides is 9. The number of nitrogens with two attached hydrogens (primary N) is 1. The number of rotatable bonds is 25. The Balaban J connectivity index is 2.95. The summed E-state index contributed by atoms with van der Waals surface area (Å²) in [7, 11) is 0. The van der Waals surface area contributed by atoms with Crippen molar-refractivity contribution in [2.24, 2.45) is 23.5 Å². The smallest absolute Gasteiger partial charge is 0.326 e. The van der Waals surface area contributed by atoms with Gasteiger partial charge in [0.05, 0.1) is 6.54 Å². The lowest BCUT2D eigenvalue weighted by Gasteiger charge is -2.28. The van der Waals surface area contributed by atoms with Crippen LogP contribution >= 0.6 is 0 Å². The minimum Gasteiger partial charge on any atom is -0.480 e. The summed E-state index contributed by atoms with van der Waals surface area (Å²) < 4.78 is 0. The van der Waals surface area contributed by atoms with Gasteiger partial charge in [-0.25, -0.2) is 4.79 Å². The lowest BCUT2D eigenvalue weighted by atomic mass is 9.98. The van der Waals surface area contributed by atoms with Crippen LogP contribution < -0.4 is 48.3 Å². The van der Waals surface area contributed by atoms with Gasteiger partial charge in [0.15, 0.2) is 0 Å². The molecule has 0 aliphatic carbocycles. The Labute approximate surface area is 349 Å². The highest BCUT2D eigenvalue weighted by Crippen LogP contribution is 2.11. The molecule has 0 aliphatic heterocycles. The quantitative estimate of drug-likeness (QED) is 0.0494.